The molecule has 5 nitrogen and oxygen atoms in total. The lowest BCUT2D eigenvalue weighted by Gasteiger charge is -2.06. The van der Waals surface area contributed by atoms with Crippen LogP contribution in [0.15, 0.2) is 64.8 Å². The maximum Gasteiger partial charge on any atom is 0.348 e. The van der Waals surface area contributed by atoms with Gasteiger partial charge in [-0.1, -0.05) is 41.9 Å². The average molecular weight is 319 g/mol. The summed E-state index contributed by atoms with van der Waals surface area (Å²) < 4.78 is 10.1. The third-order valence-electron chi connectivity index (χ3n) is 2.73. The van der Waals surface area contributed by atoms with Crippen molar-refractivity contribution in [2.75, 3.05) is 7.11 Å². The van der Waals surface area contributed by atoms with Crippen LogP contribution in [0.4, 0.5) is 5.69 Å². The van der Waals surface area contributed by atoms with Gasteiger partial charge < -0.3 is 9.47 Å². The molecule has 0 aromatic heterocycles. The number of hydrogen-bond acceptors (Lipinski definition) is 5. The zero-order valence-electron chi connectivity index (χ0n) is 12.0. The number of benzene rings is 2. The predicted molar refractivity (Wildman–Crippen MR) is 83.4 cm³/mol. The van der Waals surface area contributed by atoms with Gasteiger partial charge in [0.2, 0.25) is 5.50 Å². The first-order valence-corrected chi connectivity index (χ1v) is 7.02. The van der Waals surface area contributed by atoms with Gasteiger partial charge in [0.05, 0.1) is 12.8 Å². The molecule has 0 aliphatic carbocycles. The van der Waals surface area contributed by atoms with Crippen molar-refractivity contribution in [2.45, 2.75) is 12.1 Å². The van der Waals surface area contributed by atoms with Crippen molar-refractivity contribution in [3.8, 4) is 5.75 Å². The molecular formula is C16H15ClN2O3. The summed E-state index contributed by atoms with van der Waals surface area (Å²) in [4.78, 5) is 11.1. The normalized spacial score (nSPS) is 12.1. The molecule has 0 aliphatic rings. The van der Waals surface area contributed by atoms with Crippen LogP contribution < -0.4 is 4.74 Å². The molecule has 0 bridgehead atoms. The zero-order valence-corrected chi connectivity index (χ0v) is 12.7. The van der Waals surface area contributed by atoms with Crippen LogP contribution in [0.3, 0.4) is 0 Å². The molecule has 0 aliphatic heterocycles. The first-order chi connectivity index (χ1) is 10.7. The molecule has 114 valence electrons. The predicted octanol–water partition coefficient (Wildman–Crippen LogP) is 4.09. The maximum atomic E-state index is 11.1. The Hall–Kier alpha value is -2.40. The first kappa shape index (κ1) is 16.0. The summed E-state index contributed by atoms with van der Waals surface area (Å²) in [5, 5.41) is 7.63. The van der Waals surface area contributed by atoms with Gasteiger partial charge in [-0.2, -0.15) is 10.2 Å². The molecule has 0 fully saturated rings. The third kappa shape index (κ3) is 4.86. The standard InChI is InChI=1S/C16H15ClN2O3/c1-21-16(20)15(17)19-18-13-7-5-6-12(10-13)11-22-14-8-3-2-4-9-14/h2-10,15H,11H2,1H3. The van der Waals surface area contributed by atoms with Gasteiger partial charge in [0, 0.05) is 0 Å². The van der Waals surface area contributed by atoms with Gasteiger partial charge in [-0.05, 0) is 29.8 Å². The van der Waals surface area contributed by atoms with E-state index in [0.29, 0.717) is 12.3 Å². The number of alkyl halides is 1. The summed E-state index contributed by atoms with van der Waals surface area (Å²) in [6.07, 6.45) is 0. The smallest absolute Gasteiger partial charge is 0.348 e. The number of rotatable bonds is 6. The van der Waals surface area contributed by atoms with Crippen LogP contribution in [0, 0.1) is 0 Å². The summed E-state index contributed by atoms with van der Waals surface area (Å²) in [6.45, 7) is 0.411. The SMILES string of the molecule is COC(=O)C(Cl)N=Nc1cccc(COc2ccccc2)c1. The highest BCUT2D eigenvalue weighted by Crippen LogP contribution is 2.18. The highest BCUT2D eigenvalue weighted by molar-refractivity contribution is 6.29. The van der Waals surface area contributed by atoms with Gasteiger partial charge in [0.1, 0.15) is 12.4 Å². The number of ether oxygens (including phenoxy) is 2. The molecule has 6 heteroatoms. The molecule has 0 radical (unpaired) electrons. The number of methoxy groups -OCH3 is 1. The van der Waals surface area contributed by atoms with Gasteiger partial charge in [0.15, 0.2) is 0 Å². The topological polar surface area (TPSA) is 60.2 Å². The number of carbonyl (C=O) groups excluding carboxylic acids is 1. The Bertz CT molecular complexity index is 647. The molecule has 2 rings (SSSR count). The Morgan fingerprint density at radius 2 is 1.95 bits per heavy atom. The molecule has 1 unspecified atom stereocenters. The molecular weight excluding hydrogens is 304 g/mol. The van der Waals surface area contributed by atoms with Gasteiger partial charge in [-0.25, -0.2) is 4.79 Å². The van der Waals surface area contributed by atoms with Gasteiger partial charge in [-0.3, -0.25) is 0 Å². The van der Waals surface area contributed by atoms with E-state index in [-0.39, 0.29) is 0 Å². The molecule has 0 saturated carbocycles. The lowest BCUT2D eigenvalue weighted by Crippen LogP contribution is -2.12. The average Bonchev–Trinajstić information content (AvgIpc) is 2.58. The molecule has 0 heterocycles. The summed E-state index contributed by atoms with van der Waals surface area (Å²) >= 11 is 5.70. The fraction of sp³-hybridized carbons (Fsp3) is 0.188. The number of hydrogen-bond donors (Lipinski definition) is 0. The lowest BCUT2D eigenvalue weighted by atomic mass is 10.2. The molecule has 2 aromatic carbocycles. The van der Waals surface area contributed by atoms with Crippen LogP contribution >= 0.6 is 11.6 Å². The largest absolute Gasteiger partial charge is 0.489 e. The van der Waals surface area contributed by atoms with Crippen molar-refractivity contribution < 1.29 is 14.3 Å². The van der Waals surface area contributed by atoms with Gasteiger partial charge in [0.25, 0.3) is 0 Å². The molecule has 2 aromatic rings. The fourth-order valence-electron chi connectivity index (χ4n) is 1.65. The minimum absolute atomic E-state index is 0.411. The molecule has 1 atom stereocenters. The Kier molecular flexibility index (Phi) is 5.91. The Morgan fingerprint density at radius 3 is 2.68 bits per heavy atom. The van der Waals surface area contributed by atoms with Crippen LogP contribution in [-0.2, 0) is 16.1 Å². The van der Waals surface area contributed by atoms with Gasteiger partial charge in [-0.15, -0.1) is 0 Å². The molecule has 0 spiro atoms. The van der Waals surface area contributed by atoms with E-state index in [1.54, 1.807) is 6.07 Å². The van der Waals surface area contributed by atoms with E-state index in [1.165, 1.54) is 7.11 Å². The van der Waals surface area contributed by atoms with Crippen molar-refractivity contribution in [2.24, 2.45) is 10.2 Å². The first-order valence-electron chi connectivity index (χ1n) is 6.58. The molecule has 22 heavy (non-hydrogen) atoms. The van der Waals surface area contributed by atoms with Crippen molar-refractivity contribution in [1.29, 1.82) is 0 Å². The molecule has 0 saturated heterocycles. The second-order valence-corrected chi connectivity index (χ2v) is 4.76. The Labute approximate surface area is 133 Å². The minimum atomic E-state index is -1.14. The van der Waals surface area contributed by atoms with E-state index in [9.17, 15) is 4.79 Å². The van der Waals surface area contributed by atoms with E-state index < -0.39 is 11.5 Å². The molecule has 0 amide bonds. The summed E-state index contributed by atoms with van der Waals surface area (Å²) in [6, 6.07) is 16.8. The number of azo groups is 1. The quantitative estimate of drug-likeness (QED) is 0.349. The maximum absolute atomic E-state index is 11.1. The Morgan fingerprint density at radius 1 is 1.18 bits per heavy atom. The number of nitrogens with zero attached hydrogens (tertiary/aromatic N) is 2. The second-order valence-electron chi connectivity index (χ2n) is 4.35. The van der Waals surface area contributed by atoms with Crippen molar-refractivity contribution in [3.63, 3.8) is 0 Å². The van der Waals surface area contributed by atoms with E-state index in [4.69, 9.17) is 16.3 Å². The van der Waals surface area contributed by atoms with Crippen LogP contribution in [-0.4, -0.2) is 18.6 Å². The second kappa shape index (κ2) is 8.14. The highest BCUT2D eigenvalue weighted by atomic mass is 35.5. The zero-order chi connectivity index (χ0) is 15.8. The van der Waals surface area contributed by atoms with E-state index >= 15 is 0 Å². The summed E-state index contributed by atoms with van der Waals surface area (Å²) in [7, 11) is 1.24. The number of para-hydroxylation sites is 1. The third-order valence-corrected chi connectivity index (χ3v) is 2.99. The molecule has 0 N–H and O–H groups in total. The van der Waals surface area contributed by atoms with Crippen molar-refractivity contribution >= 4 is 23.3 Å². The highest BCUT2D eigenvalue weighted by Gasteiger charge is 2.13. The minimum Gasteiger partial charge on any atom is -0.489 e. The number of esters is 1. The van der Waals surface area contributed by atoms with Gasteiger partial charge >= 0.3 is 5.97 Å². The van der Waals surface area contributed by atoms with Crippen LogP contribution in [0.25, 0.3) is 0 Å². The number of carbonyl (C=O) groups is 1. The lowest BCUT2D eigenvalue weighted by molar-refractivity contribution is -0.140. The van der Waals surface area contributed by atoms with E-state index in [2.05, 4.69) is 15.0 Å². The van der Waals surface area contributed by atoms with Crippen molar-refractivity contribution in [3.05, 3.63) is 60.2 Å². The number of halogens is 1. The summed E-state index contributed by atoms with van der Waals surface area (Å²) in [5.41, 5.74) is 0.377. The monoisotopic (exact) mass is 318 g/mol. The fourth-order valence-corrected chi connectivity index (χ4v) is 1.79. The van der Waals surface area contributed by atoms with E-state index in [0.717, 1.165) is 11.3 Å². The van der Waals surface area contributed by atoms with Crippen LogP contribution in [0.1, 0.15) is 5.56 Å². The van der Waals surface area contributed by atoms with Crippen LogP contribution in [0.5, 0.6) is 5.75 Å². The van der Waals surface area contributed by atoms with Crippen LogP contribution in [0.2, 0.25) is 0 Å². The van der Waals surface area contributed by atoms with E-state index in [1.807, 2.05) is 48.5 Å². The van der Waals surface area contributed by atoms with Crippen molar-refractivity contribution in [1.82, 2.24) is 0 Å². The Balaban J connectivity index is 1.98. The summed E-state index contributed by atoms with van der Waals surface area (Å²) in [5.74, 6) is 0.148.